The van der Waals surface area contributed by atoms with Crippen LogP contribution in [-0.4, -0.2) is 120 Å². The fraction of sp³-hybridized carbons (Fsp3) is 0.512. The molecule has 17 heteroatoms. The van der Waals surface area contributed by atoms with Gasteiger partial charge in [0.2, 0.25) is 0 Å². The highest BCUT2D eigenvalue weighted by molar-refractivity contribution is 9.10. The number of nitrogens with zero attached hydrogens (tertiary/aromatic N) is 1. The van der Waals surface area contributed by atoms with Crippen LogP contribution < -0.4 is 0 Å². The molecule has 3 aromatic carbocycles. The summed E-state index contributed by atoms with van der Waals surface area (Å²) >= 11 is 3.32. The SMILES string of the molecule is COCO[C@@H]1[C@@H]([C@H](OCOC)[C@H]2[C@H](OCc3ccccc3)[C@H]3OC(C)(C)O[C@H]3[C@@H](C)N2C(=O)OCc2ccccc2)[C@H]2O[C@@H]1C(=O)[C@@H]2OS(=O)(=O)c1ccc(Br)cc1. The van der Waals surface area contributed by atoms with Gasteiger partial charge in [0.05, 0.1) is 29.7 Å². The lowest BCUT2D eigenvalue weighted by Gasteiger charge is -2.52. The molecule has 1 amide bonds. The fourth-order valence-electron chi connectivity index (χ4n) is 8.36. The maximum absolute atomic E-state index is 14.7. The molecule has 58 heavy (non-hydrogen) atoms. The number of ketones is 1. The number of likely N-dealkylation sites (tertiary alicyclic amines) is 1. The van der Waals surface area contributed by atoms with Gasteiger partial charge in [-0.2, -0.15) is 8.42 Å². The number of piperidine rings is 1. The summed E-state index contributed by atoms with van der Waals surface area (Å²) in [5, 5.41) is 0. The molecule has 4 heterocycles. The Kier molecular flexibility index (Phi) is 13.4. The Morgan fingerprint density at radius 2 is 1.45 bits per heavy atom. The van der Waals surface area contributed by atoms with Crippen LogP contribution in [0, 0.1) is 5.92 Å². The number of fused-ring (bicyclic) bond motifs is 3. The van der Waals surface area contributed by atoms with Gasteiger partial charge in [0.25, 0.3) is 10.1 Å². The van der Waals surface area contributed by atoms with E-state index in [-0.39, 0.29) is 31.7 Å². The third-order valence-corrected chi connectivity index (χ3v) is 12.6. The van der Waals surface area contributed by atoms with Crippen LogP contribution in [0.5, 0.6) is 0 Å². The van der Waals surface area contributed by atoms with Gasteiger partial charge in [0.15, 0.2) is 17.7 Å². The molecule has 0 aromatic heterocycles. The van der Waals surface area contributed by atoms with Crippen molar-refractivity contribution in [2.24, 2.45) is 5.92 Å². The van der Waals surface area contributed by atoms with Crippen molar-refractivity contribution in [2.45, 2.75) is 106 Å². The molecular formula is C41H48BrNO14S. The standard InChI is InChI=1S/C41H48BrNO14S/c1-24-32-39(56-41(2,3)55-32)36(50-20-25-12-8-6-9-13-25)30(43(24)40(45)51-21-26-14-10-7-11-15-26)33(52-22-48-4)29-34(53-23-49-5)37-31(44)38(35(29)54-37)57-58(46,47)28-18-16-27(42)17-19-28/h6-19,24,29-30,32-39H,20-23H2,1-5H3/t24-,29-,30+,32+,33+,34-,35-,36+,37-,38+,39+/m1/s1. The summed E-state index contributed by atoms with van der Waals surface area (Å²) in [5.74, 6) is -2.67. The van der Waals surface area contributed by atoms with Crippen molar-refractivity contribution in [1.82, 2.24) is 4.90 Å². The van der Waals surface area contributed by atoms with E-state index in [1.807, 2.05) is 67.6 Å². The van der Waals surface area contributed by atoms with Gasteiger partial charge in [-0.25, -0.2) is 4.79 Å². The first kappa shape index (κ1) is 42.8. The molecule has 2 bridgehead atoms. The van der Waals surface area contributed by atoms with Gasteiger partial charge < -0.3 is 42.6 Å². The van der Waals surface area contributed by atoms with Crippen molar-refractivity contribution >= 4 is 37.9 Å². The van der Waals surface area contributed by atoms with Crippen molar-refractivity contribution in [3.63, 3.8) is 0 Å². The Morgan fingerprint density at radius 3 is 2.09 bits per heavy atom. The lowest BCUT2D eigenvalue weighted by atomic mass is 9.74. The third kappa shape index (κ3) is 8.90. The molecule has 4 aliphatic rings. The quantitative estimate of drug-likeness (QED) is 0.140. The van der Waals surface area contributed by atoms with Gasteiger partial charge in [-0.05, 0) is 56.2 Å². The molecule has 0 unspecified atom stereocenters. The molecule has 3 aromatic rings. The fourth-order valence-corrected chi connectivity index (χ4v) is 9.69. The van der Waals surface area contributed by atoms with Crippen molar-refractivity contribution in [2.75, 3.05) is 27.8 Å². The minimum absolute atomic E-state index is 0.0408. The highest BCUT2D eigenvalue weighted by Gasteiger charge is 2.68. The largest absolute Gasteiger partial charge is 0.445 e. The average Bonchev–Trinajstić information content (AvgIpc) is 3.85. The number of carbonyl (C=O) groups excluding carboxylic acids is 2. The molecular weight excluding hydrogens is 842 g/mol. The van der Waals surface area contributed by atoms with E-state index in [0.717, 1.165) is 11.1 Å². The smallest absolute Gasteiger partial charge is 0.410 e. The minimum atomic E-state index is -4.48. The van der Waals surface area contributed by atoms with Crippen molar-refractivity contribution in [3.8, 4) is 0 Å². The number of hydrogen-bond donors (Lipinski definition) is 0. The van der Waals surface area contributed by atoms with Gasteiger partial charge in [0, 0.05) is 24.6 Å². The zero-order valence-electron chi connectivity index (χ0n) is 32.7. The van der Waals surface area contributed by atoms with E-state index in [1.165, 1.54) is 31.3 Å². The van der Waals surface area contributed by atoms with Crippen LogP contribution in [0.4, 0.5) is 4.79 Å². The summed E-state index contributed by atoms with van der Waals surface area (Å²) in [7, 11) is -1.61. The number of ether oxygens (including phenoxy) is 9. The Hall–Kier alpha value is -3.33. The summed E-state index contributed by atoms with van der Waals surface area (Å²) in [6.07, 6.45) is -9.38. The Morgan fingerprint density at radius 1 is 0.828 bits per heavy atom. The molecule has 0 aliphatic carbocycles. The monoisotopic (exact) mass is 889 g/mol. The first-order valence-corrected chi connectivity index (χ1v) is 21.1. The van der Waals surface area contributed by atoms with Gasteiger partial charge in [0.1, 0.15) is 56.8 Å². The normalized spacial score (nSPS) is 30.7. The van der Waals surface area contributed by atoms with Crippen LogP contribution in [0.25, 0.3) is 0 Å². The van der Waals surface area contributed by atoms with Gasteiger partial charge >= 0.3 is 6.09 Å². The van der Waals surface area contributed by atoms with E-state index in [4.69, 9.17) is 46.8 Å². The van der Waals surface area contributed by atoms with Gasteiger partial charge in [-0.15, -0.1) is 0 Å². The second-order valence-electron chi connectivity index (χ2n) is 15.0. The van der Waals surface area contributed by atoms with E-state index >= 15 is 0 Å². The van der Waals surface area contributed by atoms with Crippen molar-refractivity contribution in [1.29, 1.82) is 0 Å². The zero-order chi connectivity index (χ0) is 41.2. The zero-order valence-corrected chi connectivity index (χ0v) is 35.1. The maximum Gasteiger partial charge on any atom is 0.410 e. The molecule has 4 fully saturated rings. The summed E-state index contributed by atoms with van der Waals surface area (Å²) < 4.78 is 89.5. The van der Waals surface area contributed by atoms with Crippen molar-refractivity contribution < 1.29 is 64.8 Å². The van der Waals surface area contributed by atoms with E-state index < -0.39 is 94.6 Å². The molecule has 4 aliphatic heterocycles. The number of benzene rings is 3. The Balaban J connectivity index is 1.32. The number of hydrogen-bond acceptors (Lipinski definition) is 14. The average molecular weight is 891 g/mol. The van der Waals surface area contributed by atoms with Crippen LogP contribution in [0.3, 0.4) is 0 Å². The molecule has 4 saturated heterocycles. The topological polar surface area (TPSA) is 164 Å². The minimum Gasteiger partial charge on any atom is -0.445 e. The number of Topliss-reactive ketones (excluding diaryl/α,β-unsaturated/α-hetero) is 1. The first-order valence-electron chi connectivity index (χ1n) is 18.9. The molecule has 0 saturated carbocycles. The van der Waals surface area contributed by atoms with E-state index in [1.54, 1.807) is 26.0 Å². The third-order valence-electron chi connectivity index (χ3n) is 10.8. The molecule has 314 valence electrons. The van der Waals surface area contributed by atoms with Crippen LogP contribution >= 0.6 is 15.9 Å². The van der Waals surface area contributed by atoms with Crippen LogP contribution in [-0.2, 0) is 74.9 Å². The summed E-state index contributed by atoms with van der Waals surface area (Å²) in [4.78, 5) is 30.0. The highest BCUT2D eigenvalue weighted by Crippen LogP contribution is 2.49. The number of methoxy groups -OCH3 is 2. The maximum atomic E-state index is 14.7. The molecule has 7 rings (SSSR count). The highest BCUT2D eigenvalue weighted by atomic mass is 79.9. The molecule has 11 atom stereocenters. The van der Waals surface area contributed by atoms with E-state index in [9.17, 15) is 18.0 Å². The number of amides is 1. The Bertz CT molecular complexity index is 1970. The molecule has 15 nitrogen and oxygen atoms in total. The molecule has 0 spiro atoms. The lowest BCUT2D eigenvalue weighted by molar-refractivity contribution is -0.214. The van der Waals surface area contributed by atoms with Crippen molar-refractivity contribution in [3.05, 3.63) is 101 Å². The van der Waals surface area contributed by atoms with Crippen LogP contribution in [0.1, 0.15) is 31.9 Å². The summed E-state index contributed by atoms with van der Waals surface area (Å²) in [6.45, 7) is 4.95. The number of rotatable bonds is 16. The van der Waals surface area contributed by atoms with Gasteiger partial charge in [-0.3, -0.25) is 13.9 Å². The van der Waals surface area contributed by atoms with Crippen LogP contribution in [0.15, 0.2) is 94.3 Å². The summed E-state index contributed by atoms with van der Waals surface area (Å²) in [6, 6.07) is 22.8. The second kappa shape index (κ2) is 18.1. The first-order chi connectivity index (χ1) is 27.8. The lowest BCUT2D eigenvalue weighted by Crippen LogP contribution is -2.72. The predicted octanol–water partition coefficient (Wildman–Crippen LogP) is 4.98. The van der Waals surface area contributed by atoms with E-state index in [0.29, 0.717) is 4.47 Å². The second-order valence-corrected chi connectivity index (χ2v) is 17.5. The molecule has 0 radical (unpaired) electrons. The summed E-state index contributed by atoms with van der Waals surface area (Å²) in [5.41, 5.74) is 1.62. The number of halogens is 1. The van der Waals surface area contributed by atoms with E-state index in [2.05, 4.69) is 15.9 Å². The number of carbonyl (C=O) groups is 2. The van der Waals surface area contributed by atoms with Gasteiger partial charge in [-0.1, -0.05) is 76.6 Å². The Labute approximate surface area is 346 Å². The predicted molar refractivity (Wildman–Crippen MR) is 207 cm³/mol. The van der Waals surface area contributed by atoms with Crippen LogP contribution in [0.2, 0.25) is 0 Å². The molecule has 0 N–H and O–H groups in total.